The van der Waals surface area contributed by atoms with Gasteiger partial charge in [-0.05, 0) is 42.7 Å². The Morgan fingerprint density at radius 3 is 2.88 bits per heavy atom. The van der Waals surface area contributed by atoms with E-state index in [4.69, 9.17) is 4.98 Å². The van der Waals surface area contributed by atoms with Gasteiger partial charge in [-0.3, -0.25) is 9.36 Å². The number of aromatic nitrogens is 2. The molecule has 1 atom stereocenters. The van der Waals surface area contributed by atoms with Gasteiger partial charge in [0.05, 0.1) is 17.1 Å². The van der Waals surface area contributed by atoms with Crippen molar-refractivity contribution in [2.75, 3.05) is 5.32 Å². The minimum absolute atomic E-state index is 0.135. The van der Waals surface area contributed by atoms with Crippen molar-refractivity contribution in [3.8, 4) is 0 Å². The van der Waals surface area contributed by atoms with Crippen molar-refractivity contribution in [3.05, 3.63) is 69.8 Å². The summed E-state index contributed by atoms with van der Waals surface area (Å²) in [6, 6.07) is 16.2. The van der Waals surface area contributed by atoms with Gasteiger partial charge in [-0.1, -0.05) is 40.2 Å². The van der Waals surface area contributed by atoms with Gasteiger partial charge in [0, 0.05) is 22.2 Å². The molecule has 25 heavy (non-hydrogen) atoms. The molecular formula is C20H16BrN3O. The molecule has 1 N–H and O–H groups in total. The maximum absolute atomic E-state index is 12.8. The molecule has 0 spiro atoms. The van der Waals surface area contributed by atoms with Crippen LogP contribution in [0, 0.1) is 0 Å². The maximum Gasteiger partial charge on any atom is 0.209 e. The van der Waals surface area contributed by atoms with Gasteiger partial charge in [0.2, 0.25) is 5.95 Å². The molecule has 1 aliphatic carbocycles. The third-order valence-corrected chi connectivity index (χ3v) is 5.50. The molecular weight excluding hydrogens is 378 g/mol. The molecule has 0 amide bonds. The van der Waals surface area contributed by atoms with Crippen LogP contribution >= 0.6 is 15.9 Å². The summed E-state index contributed by atoms with van der Waals surface area (Å²) < 4.78 is 3.18. The first-order chi connectivity index (χ1) is 12.2. The smallest absolute Gasteiger partial charge is 0.209 e. The van der Waals surface area contributed by atoms with Crippen molar-refractivity contribution >= 4 is 38.7 Å². The average Bonchev–Trinajstić information content (AvgIpc) is 2.98. The highest BCUT2D eigenvalue weighted by Gasteiger charge is 2.36. The molecule has 0 saturated carbocycles. The Hall–Kier alpha value is -2.40. The van der Waals surface area contributed by atoms with E-state index in [-0.39, 0.29) is 11.8 Å². The SMILES string of the molecule is O=C1CCCC2=C1[C@H](c1cccc(Br)c1)n1c(nc3ccccc31)N2. The highest BCUT2D eigenvalue weighted by Crippen LogP contribution is 2.43. The summed E-state index contributed by atoms with van der Waals surface area (Å²) >= 11 is 3.57. The predicted molar refractivity (Wildman–Crippen MR) is 102 cm³/mol. The normalized spacial score (nSPS) is 19.6. The fourth-order valence-corrected chi connectivity index (χ4v) is 4.38. The van der Waals surface area contributed by atoms with E-state index in [0.717, 1.165) is 51.1 Å². The molecule has 0 radical (unpaired) electrons. The molecule has 2 aliphatic rings. The standard InChI is InChI=1S/C20H16BrN3O/c21-13-6-3-5-12(11-13)19-18-15(8-4-10-17(18)25)23-20-22-14-7-1-2-9-16(14)24(19)20/h1-3,5-7,9,11,19H,4,8,10H2,(H,22,23)/t19-/m0/s1. The van der Waals surface area contributed by atoms with Crippen LogP contribution in [0.25, 0.3) is 11.0 Å². The summed E-state index contributed by atoms with van der Waals surface area (Å²) in [4.78, 5) is 17.6. The third kappa shape index (κ3) is 2.26. The zero-order valence-electron chi connectivity index (χ0n) is 13.5. The zero-order valence-corrected chi connectivity index (χ0v) is 15.1. The highest BCUT2D eigenvalue weighted by molar-refractivity contribution is 9.10. The molecule has 0 fully saturated rings. The van der Waals surface area contributed by atoms with Gasteiger partial charge in [-0.25, -0.2) is 4.98 Å². The maximum atomic E-state index is 12.8. The molecule has 5 heteroatoms. The first-order valence-electron chi connectivity index (χ1n) is 8.48. The van der Waals surface area contributed by atoms with E-state index in [1.54, 1.807) is 0 Å². The number of halogens is 1. The number of ketones is 1. The largest absolute Gasteiger partial charge is 0.329 e. The van der Waals surface area contributed by atoms with Gasteiger partial charge < -0.3 is 5.32 Å². The number of rotatable bonds is 1. The summed E-state index contributed by atoms with van der Waals surface area (Å²) in [7, 11) is 0. The minimum atomic E-state index is -0.135. The number of allylic oxidation sites excluding steroid dienone is 2. The van der Waals surface area contributed by atoms with Crippen molar-refractivity contribution in [1.82, 2.24) is 9.55 Å². The minimum Gasteiger partial charge on any atom is -0.329 e. The highest BCUT2D eigenvalue weighted by atomic mass is 79.9. The Morgan fingerprint density at radius 1 is 1.12 bits per heavy atom. The molecule has 4 nitrogen and oxygen atoms in total. The second kappa shape index (κ2) is 5.56. The van der Waals surface area contributed by atoms with E-state index in [1.807, 2.05) is 30.3 Å². The van der Waals surface area contributed by atoms with Gasteiger partial charge in [0.1, 0.15) is 0 Å². The van der Waals surface area contributed by atoms with Crippen LogP contribution in [0.3, 0.4) is 0 Å². The van der Waals surface area contributed by atoms with Crippen LogP contribution in [-0.2, 0) is 4.79 Å². The van der Waals surface area contributed by atoms with E-state index in [9.17, 15) is 4.79 Å². The fraction of sp³-hybridized carbons (Fsp3) is 0.200. The number of carbonyl (C=O) groups excluding carboxylic acids is 1. The van der Waals surface area contributed by atoms with E-state index in [2.05, 4.69) is 44.0 Å². The summed E-state index contributed by atoms with van der Waals surface area (Å²) in [5.74, 6) is 1.06. The molecule has 1 aliphatic heterocycles. The third-order valence-electron chi connectivity index (χ3n) is 5.01. The molecule has 0 unspecified atom stereocenters. The number of hydrogen-bond donors (Lipinski definition) is 1. The Bertz CT molecular complexity index is 1050. The second-order valence-electron chi connectivity index (χ2n) is 6.55. The van der Waals surface area contributed by atoms with E-state index in [1.165, 1.54) is 0 Å². The summed E-state index contributed by atoms with van der Waals surface area (Å²) in [5, 5.41) is 3.43. The van der Waals surface area contributed by atoms with Gasteiger partial charge >= 0.3 is 0 Å². The van der Waals surface area contributed by atoms with Crippen LogP contribution in [-0.4, -0.2) is 15.3 Å². The number of fused-ring (bicyclic) bond motifs is 3. The Morgan fingerprint density at radius 2 is 2.00 bits per heavy atom. The lowest BCUT2D eigenvalue weighted by Crippen LogP contribution is -2.30. The molecule has 0 saturated heterocycles. The number of carbonyl (C=O) groups is 1. The lowest BCUT2D eigenvalue weighted by atomic mass is 9.85. The van der Waals surface area contributed by atoms with Crippen LogP contribution in [0.2, 0.25) is 0 Å². The molecule has 3 aromatic rings. The average molecular weight is 394 g/mol. The van der Waals surface area contributed by atoms with Crippen molar-refractivity contribution in [2.45, 2.75) is 25.3 Å². The molecule has 2 aromatic carbocycles. The molecule has 1 aromatic heterocycles. The van der Waals surface area contributed by atoms with Gasteiger partial charge in [-0.2, -0.15) is 0 Å². The van der Waals surface area contributed by atoms with Crippen molar-refractivity contribution in [1.29, 1.82) is 0 Å². The quantitative estimate of drug-likeness (QED) is 0.644. The van der Waals surface area contributed by atoms with Crippen LogP contribution in [0.5, 0.6) is 0 Å². The monoisotopic (exact) mass is 393 g/mol. The predicted octanol–water partition coefficient (Wildman–Crippen LogP) is 4.82. The zero-order chi connectivity index (χ0) is 17.0. The second-order valence-corrected chi connectivity index (χ2v) is 7.46. The Balaban J connectivity index is 1.82. The van der Waals surface area contributed by atoms with E-state index < -0.39 is 0 Å². The lowest BCUT2D eigenvalue weighted by molar-refractivity contribution is -0.116. The Labute approximate surface area is 153 Å². The first kappa shape index (κ1) is 14.9. The van der Waals surface area contributed by atoms with Gasteiger partial charge in [-0.15, -0.1) is 0 Å². The number of hydrogen-bond acceptors (Lipinski definition) is 3. The van der Waals surface area contributed by atoms with Crippen LogP contribution in [0.1, 0.15) is 30.9 Å². The van der Waals surface area contributed by atoms with Crippen LogP contribution in [0.4, 0.5) is 5.95 Å². The summed E-state index contributed by atoms with van der Waals surface area (Å²) in [5.41, 5.74) is 5.00. The summed E-state index contributed by atoms with van der Waals surface area (Å²) in [6.45, 7) is 0. The van der Waals surface area contributed by atoms with Gasteiger partial charge in [0.25, 0.3) is 0 Å². The fourth-order valence-electron chi connectivity index (χ4n) is 3.96. The van der Waals surface area contributed by atoms with Crippen LogP contribution < -0.4 is 5.32 Å². The lowest BCUT2D eigenvalue weighted by Gasteiger charge is -2.34. The number of Topliss-reactive ketones (excluding diaryl/α,β-unsaturated/α-hetero) is 1. The van der Waals surface area contributed by atoms with Crippen molar-refractivity contribution < 1.29 is 4.79 Å². The van der Waals surface area contributed by atoms with E-state index in [0.29, 0.717) is 6.42 Å². The topological polar surface area (TPSA) is 46.9 Å². The van der Waals surface area contributed by atoms with Crippen molar-refractivity contribution in [2.24, 2.45) is 0 Å². The molecule has 0 bridgehead atoms. The summed E-state index contributed by atoms with van der Waals surface area (Å²) in [6.07, 6.45) is 2.41. The van der Waals surface area contributed by atoms with E-state index >= 15 is 0 Å². The van der Waals surface area contributed by atoms with Crippen molar-refractivity contribution in [3.63, 3.8) is 0 Å². The number of nitrogens with one attached hydrogen (secondary N) is 1. The Kier molecular flexibility index (Phi) is 3.31. The number of imidazole rings is 1. The number of para-hydroxylation sites is 2. The molecule has 5 rings (SSSR count). The number of benzene rings is 2. The number of nitrogens with zero attached hydrogens (tertiary/aromatic N) is 2. The molecule has 2 heterocycles. The van der Waals surface area contributed by atoms with Crippen LogP contribution in [0.15, 0.2) is 64.3 Å². The number of anilines is 1. The first-order valence-corrected chi connectivity index (χ1v) is 9.27. The molecule has 124 valence electrons. The van der Waals surface area contributed by atoms with Gasteiger partial charge in [0.15, 0.2) is 5.78 Å².